The Morgan fingerprint density at radius 3 is 2.46 bits per heavy atom. The van der Waals surface area contributed by atoms with Crippen molar-refractivity contribution in [1.29, 1.82) is 0 Å². The van der Waals surface area contributed by atoms with Crippen molar-refractivity contribution in [3.63, 3.8) is 0 Å². The molecule has 2 aromatic rings. The third-order valence-electron chi connectivity index (χ3n) is 4.03. The van der Waals surface area contributed by atoms with Crippen LogP contribution in [0.4, 0.5) is 0 Å². The summed E-state index contributed by atoms with van der Waals surface area (Å²) in [5.41, 5.74) is 1.84. The van der Waals surface area contributed by atoms with Gasteiger partial charge in [0.1, 0.15) is 0 Å². The van der Waals surface area contributed by atoms with Crippen LogP contribution in [0.2, 0.25) is 0 Å². The predicted octanol–water partition coefficient (Wildman–Crippen LogP) is 2.74. The average Bonchev–Trinajstić information content (AvgIpc) is 2.66. The zero-order valence-electron chi connectivity index (χ0n) is 15.6. The van der Waals surface area contributed by atoms with E-state index in [2.05, 4.69) is 25.4 Å². The number of benzene rings is 2. The van der Waals surface area contributed by atoms with Crippen LogP contribution in [0.15, 0.2) is 45.8 Å². The molecular weight excluding hydrogens is 450 g/mol. The summed E-state index contributed by atoms with van der Waals surface area (Å²) >= 11 is 3.33. The topological polar surface area (TPSA) is 98.8 Å². The molecule has 0 heterocycles. The van der Waals surface area contributed by atoms with Crippen molar-refractivity contribution < 1.29 is 27.5 Å². The van der Waals surface area contributed by atoms with Crippen molar-refractivity contribution in [2.75, 3.05) is 14.2 Å². The van der Waals surface area contributed by atoms with Crippen LogP contribution in [0.3, 0.4) is 0 Å². The summed E-state index contributed by atoms with van der Waals surface area (Å²) in [6.07, 6.45) is -0.170. The van der Waals surface area contributed by atoms with Crippen LogP contribution in [-0.4, -0.2) is 34.6 Å². The normalized spacial score (nSPS) is 11.1. The first-order valence-corrected chi connectivity index (χ1v) is 10.5. The minimum Gasteiger partial charge on any atom is -0.469 e. The Balaban J connectivity index is 2.36. The van der Waals surface area contributed by atoms with Gasteiger partial charge in [-0.2, -0.15) is 0 Å². The van der Waals surface area contributed by atoms with Crippen molar-refractivity contribution in [3.8, 4) is 0 Å². The van der Waals surface area contributed by atoms with Crippen LogP contribution < -0.4 is 4.72 Å². The Labute approximate surface area is 172 Å². The second-order valence-corrected chi connectivity index (χ2v) is 8.54. The zero-order chi connectivity index (χ0) is 20.9. The third-order valence-corrected chi connectivity index (χ3v) is 6.28. The molecular formula is C19H20BrNO6S. The molecule has 0 radical (unpaired) electrons. The minimum absolute atomic E-state index is 0.0184. The van der Waals surface area contributed by atoms with Crippen LogP contribution in [0.1, 0.15) is 27.0 Å². The minimum atomic E-state index is -3.96. The van der Waals surface area contributed by atoms with E-state index in [0.29, 0.717) is 15.6 Å². The number of esters is 2. The summed E-state index contributed by atoms with van der Waals surface area (Å²) in [6.45, 7) is 1.66. The lowest BCUT2D eigenvalue weighted by molar-refractivity contribution is -0.139. The fraction of sp³-hybridized carbons (Fsp3) is 0.263. The van der Waals surface area contributed by atoms with E-state index >= 15 is 0 Å². The molecule has 0 amide bonds. The highest BCUT2D eigenvalue weighted by Crippen LogP contribution is 2.23. The fourth-order valence-electron chi connectivity index (χ4n) is 2.62. The maximum atomic E-state index is 12.9. The predicted molar refractivity (Wildman–Crippen MR) is 106 cm³/mol. The Bertz CT molecular complexity index is 1000. The highest BCUT2D eigenvalue weighted by molar-refractivity contribution is 9.10. The summed E-state index contributed by atoms with van der Waals surface area (Å²) in [6, 6.07) is 9.62. The maximum absolute atomic E-state index is 12.9. The Hall–Kier alpha value is -2.23. The summed E-state index contributed by atoms with van der Waals surface area (Å²) in [7, 11) is -1.46. The van der Waals surface area contributed by atoms with Crippen LogP contribution in [0, 0.1) is 6.92 Å². The first-order chi connectivity index (χ1) is 13.2. The van der Waals surface area contributed by atoms with Gasteiger partial charge in [0.25, 0.3) is 0 Å². The molecule has 2 aromatic carbocycles. The number of ether oxygens (including phenoxy) is 2. The van der Waals surface area contributed by atoms with Crippen molar-refractivity contribution in [1.82, 2.24) is 4.72 Å². The standard InChI is InChI=1S/C19H20BrNO6S/c1-12-7-8-17(13(9-12)10-18(22)26-2)28(24,25)21-11-15-14(19(23)27-3)5-4-6-16(15)20/h4-9,21H,10-11H2,1-3H3. The number of hydrogen-bond donors (Lipinski definition) is 1. The highest BCUT2D eigenvalue weighted by atomic mass is 79.9. The molecule has 9 heteroatoms. The Kier molecular flexibility index (Phi) is 7.34. The van der Waals surface area contributed by atoms with E-state index < -0.39 is 22.0 Å². The molecule has 150 valence electrons. The summed E-state index contributed by atoms with van der Waals surface area (Å²) in [5.74, 6) is -1.11. The summed E-state index contributed by atoms with van der Waals surface area (Å²) in [5, 5.41) is 0. The van der Waals surface area contributed by atoms with Gasteiger partial charge in [-0.15, -0.1) is 0 Å². The summed E-state index contributed by atoms with van der Waals surface area (Å²) in [4.78, 5) is 23.6. The second kappa shape index (κ2) is 9.31. The summed E-state index contributed by atoms with van der Waals surface area (Å²) < 4.78 is 38.2. The van der Waals surface area contributed by atoms with Crippen LogP contribution in [0.25, 0.3) is 0 Å². The highest BCUT2D eigenvalue weighted by Gasteiger charge is 2.22. The van der Waals surface area contributed by atoms with E-state index in [4.69, 9.17) is 4.74 Å². The third kappa shape index (κ3) is 5.18. The number of nitrogens with one attached hydrogen (secondary N) is 1. The smallest absolute Gasteiger partial charge is 0.338 e. The fourth-order valence-corrected chi connectivity index (χ4v) is 4.34. The molecule has 0 spiro atoms. The van der Waals surface area contributed by atoms with E-state index in [9.17, 15) is 18.0 Å². The molecule has 28 heavy (non-hydrogen) atoms. The maximum Gasteiger partial charge on any atom is 0.338 e. The lowest BCUT2D eigenvalue weighted by Crippen LogP contribution is -2.26. The number of halogens is 1. The molecule has 1 N–H and O–H groups in total. The van der Waals surface area contributed by atoms with Gasteiger partial charge in [0.2, 0.25) is 10.0 Å². The first-order valence-electron chi connectivity index (χ1n) is 8.21. The molecule has 0 aliphatic rings. The molecule has 0 fully saturated rings. The molecule has 0 aliphatic carbocycles. The first kappa shape index (κ1) is 22.1. The van der Waals surface area contributed by atoms with Crippen molar-refractivity contribution in [2.24, 2.45) is 0 Å². The lowest BCUT2D eigenvalue weighted by Gasteiger charge is -2.14. The SMILES string of the molecule is COC(=O)Cc1cc(C)ccc1S(=O)(=O)NCc1c(Br)cccc1C(=O)OC. The van der Waals surface area contributed by atoms with E-state index in [-0.39, 0.29) is 23.4 Å². The van der Waals surface area contributed by atoms with E-state index in [1.165, 1.54) is 20.3 Å². The number of sulfonamides is 1. The molecule has 0 aromatic heterocycles. The Morgan fingerprint density at radius 2 is 1.82 bits per heavy atom. The second-order valence-electron chi connectivity index (χ2n) is 5.95. The number of rotatable bonds is 7. The number of hydrogen-bond acceptors (Lipinski definition) is 6. The number of carbonyl (C=O) groups excluding carboxylic acids is 2. The van der Waals surface area contributed by atoms with Crippen molar-refractivity contribution >= 4 is 37.9 Å². The van der Waals surface area contributed by atoms with Gasteiger partial charge < -0.3 is 9.47 Å². The molecule has 0 aliphatic heterocycles. The van der Waals surface area contributed by atoms with E-state index in [1.54, 1.807) is 37.3 Å². The number of methoxy groups -OCH3 is 2. The van der Waals surface area contributed by atoms with Gasteiger partial charge >= 0.3 is 11.9 Å². The van der Waals surface area contributed by atoms with Gasteiger partial charge in [-0.1, -0.05) is 39.7 Å². The van der Waals surface area contributed by atoms with Gasteiger partial charge in [0.15, 0.2) is 0 Å². The molecule has 0 unspecified atom stereocenters. The quantitative estimate of drug-likeness (QED) is 0.625. The lowest BCUT2D eigenvalue weighted by atomic mass is 10.1. The van der Waals surface area contributed by atoms with Gasteiger partial charge in [-0.3, -0.25) is 4.79 Å². The molecule has 7 nitrogen and oxygen atoms in total. The van der Waals surface area contributed by atoms with Gasteiger partial charge in [-0.25, -0.2) is 17.9 Å². The van der Waals surface area contributed by atoms with Gasteiger partial charge in [0.05, 0.1) is 31.1 Å². The van der Waals surface area contributed by atoms with Crippen molar-refractivity contribution in [3.05, 3.63) is 63.1 Å². The number of aryl methyl sites for hydroxylation is 1. The molecule has 0 bridgehead atoms. The Morgan fingerprint density at radius 1 is 1.11 bits per heavy atom. The van der Waals surface area contributed by atoms with Crippen LogP contribution in [0.5, 0.6) is 0 Å². The monoisotopic (exact) mass is 469 g/mol. The molecule has 0 atom stereocenters. The van der Waals surface area contributed by atoms with Crippen LogP contribution >= 0.6 is 15.9 Å². The molecule has 0 saturated heterocycles. The van der Waals surface area contributed by atoms with E-state index in [1.807, 2.05) is 0 Å². The number of carbonyl (C=O) groups is 2. The molecule has 0 saturated carbocycles. The van der Waals surface area contributed by atoms with Crippen LogP contribution in [-0.2, 0) is 37.3 Å². The van der Waals surface area contributed by atoms with Gasteiger partial charge in [0, 0.05) is 11.0 Å². The van der Waals surface area contributed by atoms with E-state index in [0.717, 1.165) is 5.56 Å². The largest absolute Gasteiger partial charge is 0.469 e. The van der Waals surface area contributed by atoms with Crippen molar-refractivity contribution in [2.45, 2.75) is 24.8 Å². The molecule has 2 rings (SSSR count). The zero-order valence-corrected chi connectivity index (χ0v) is 18.0. The average molecular weight is 470 g/mol. The van der Waals surface area contributed by atoms with Gasteiger partial charge in [-0.05, 0) is 36.2 Å².